The Morgan fingerprint density at radius 3 is 2.47 bits per heavy atom. The molecule has 2 fully saturated rings. The van der Waals surface area contributed by atoms with Gasteiger partial charge in [0.15, 0.2) is 23.2 Å². The first-order valence-corrected chi connectivity index (χ1v) is 13.5. The first-order valence-electron chi connectivity index (χ1n) is 13.5. The number of carbonyl (C=O) groups excluding carboxylic acids is 2. The standard InChI is InChI=1S/C27H36FN5O5/c1-4-7-9-11-13-17(34)36-15-27(6-3)23(37-18(35)14-12-10-8-5-2)19-21(22(19)38-27)33-16-30-20-24(29)31-26(28)32-25(20)33/h3,16,19,21-23H,4-5,7-15H2,1-2H3,(H2,29,31,32)/t19-,21?,22-,23+,27-/m1/s1. The molecule has 0 aromatic carbocycles. The highest BCUT2D eigenvalue weighted by atomic mass is 19.1. The maximum atomic E-state index is 13.9. The fraction of sp³-hybridized carbons (Fsp3) is 0.667. The molecule has 2 aliphatic rings. The number of fused-ring (bicyclic) bond motifs is 2. The van der Waals surface area contributed by atoms with E-state index < -0.39 is 23.9 Å². The Balaban J connectivity index is 1.50. The van der Waals surface area contributed by atoms with Crippen molar-refractivity contribution in [2.24, 2.45) is 5.92 Å². The molecule has 0 amide bonds. The molecule has 1 saturated heterocycles. The zero-order valence-corrected chi connectivity index (χ0v) is 22.0. The average Bonchev–Trinajstić information content (AvgIpc) is 3.24. The van der Waals surface area contributed by atoms with Gasteiger partial charge in [0.25, 0.3) is 0 Å². The second-order valence-electron chi connectivity index (χ2n) is 10.1. The van der Waals surface area contributed by atoms with Crippen LogP contribution in [0.4, 0.5) is 10.2 Å². The summed E-state index contributed by atoms with van der Waals surface area (Å²) in [7, 11) is 0. The van der Waals surface area contributed by atoms with E-state index in [2.05, 4.69) is 34.7 Å². The number of esters is 2. The van der Waals surface area contributed by atoms with Gasteiger partial charge in [0.05, 0.1) is 24.4 Å². The average molecular weight is 530 g/mol. The van der Waals surface area contributed by atoms with Crippen LogP contribution in [-0.2, 0) is 23.8 Å². The van der Waals surface area contributed by atoms with Crippen LogP contribution < -0.4 is 5.73 Å². The lowest BCUT2D eigenvalue weighted by Gasteiger charge is -2.32. The van der Waals surface area contributed by atoms with Gasteiger partial charge in [0.1, 0.15) is 12.1 Å². The topological polar surface area (TPSA) is 131 Å². The molecule has 0 bridgehead atoms. The number of hydrogen-bond donors (Lipinski definition) is 1. The largest absolute Gasteiger partial charge is 0.461 e. The molecule has 1 aliphatic carbocycles. The van der Waals surface area contributed by atoms with E-state index in [0.29, 0.717) is 6.42 Å². The van der Waals surface area contributed by atoms with Gasteiger partial charge in [-0.05, 0) is 12.8 Å². The monoisotopic (exact) mass is 529 g/mol. The van der Waals surface area contributed by atoms with Gasteiger partial charge in [0.2, 0.25) is 0 Å². The van der Waals surface area contributed by atoms with Crippen molar-refractivity contribution in [3.8, 4) is 12.3 Å². The summed E-state index contributed by atoms with van der Waals surface area (Å²) in [5.74, 6) is 1.43. The number of nitrogen functional groups attached to an aromatic ring is 1. The predicted molar refractivity (Wildman–Crippen MR) is 137 cm³/mol. The Morgan fingerprint density at radius 1 is 1.13 bits per heavy atom. The van der Waals surface area contributed by atoms with Crippen LogP contribution in [0.2, 0.25) is 0 Å². The van der Waals surface area contributed by atoms with E-state index in [0.717, 1.165) is 44.9 Å². The number of anilines is 1. The minimum atomic E-state index is -1.42. The maximum Gasteiger partial charge on any atom is 0.312 e. The summed E-state index contributed by atoms with van der Waals surface area (Å²) in [6.07, 6.45) is 13.1. The van der Waals surface area contributed by atoms with E-state index >= 15 is 0 Å². The van der Waals surface area contributed by atoms with E-state index in [-0.39, 0.29) is 60.3 Å². The van der Waals surface area contributed by atoms with Crippen molar-refractivity contribution < 1.29 is 28.2 Å². The summed E-state index contributed by atoms with van der Waals surface area (Å²) in [6, 6.07) is -0.363. The molecule has 2 N–H and O–H groups in total. The minimum absolute atomic E-state index is 0.0724. The van der Waals surface area contributed by atoms with Crippen LogP contribution in [0.3, 0.4) is 0 Å². The quantitative estimate of drug-likeness (QED) is 0.168. The van der Waals surface area contributed by atoms with Gasteiger partial charge in [-0.1, -0.05) is 58.3 Å². The minimum Gasteiger partial charge on any atom is -0.461 e. The van der Waals surface area contributed by atoms with Crippen LogP contribution in [0, 0.1) is 24.3 Å². The van der Waals surface area contributed by atoms with Gasteiger partial charge in [-0.25, -0.2) is 4.98 Å². The van der Waals surface area contributed by atoms with Crippen molar-refractivity contribution in [1.29, 1.82) is 0 Å². The Kier molecular flexibility index (Phi) is 8.82. The van der Waals surface area contributed by atoms with E-state index in [1.165, 1.54) is 6.33 Å². The van der Waals surface area contributed by atoms with Crippen LogP contribution in [0.1, 0.15) is 84.1 Å². The highest BCUT2D eigenvalue weighted by Gasteiger charge is 2.72. The molecule has 206 valence electrons. The molecule has 2 aromatic heterocycles. The number of aromatic nitrogens is 4. The third-order valence-corrected chi connectivity index (χ3v) is 7.29. The molecule has 1 aliphatic heterocycles. The van der Waals surface area contributed by atoms with Crippen LogP contribution in [0.15, 0.2) is 6.33 Å². The molecule has 0 spiro atoms. The van der Waals surface area contributed by atoms with Gasteiger partial charge in [-0.2, -0.15) is 14.4 Å². The van der Waals surface area contributed by atoms with Gasteiger partial charge in [-0.15, -0.1) is 6.42 Å². The predicted octanol–water partition coefficient (Wildman–Crippen LogP) is 3.89. The van der Waals surface area contributed by atoms with Gasteiger partial charge < -0.3 is 24.5 Å². The third kappa shape index (κ3) is 5.75. The summed E-state index contributed by atoms with van der Waals surface area (Å²) in [5.41, 5.74) is 4.87. The number of rotatable bonds is 14. The number of terminal acetylenes is 1. The summed E-state index contributed by atoms with van der Waals surface area (Å²) < 4.78 is 33.3. The fourth-order valence-electron chi connectivity index (χ4n) is 5.18. The second kappa shape index (κ2) is 12.1. The molecule has 11 heteroatoms. The second-order valence-corrected chi connectivity index (χ2v) is 10.1. The lowest BCUT2D eigenvalue weighted by molar-refractivity contribution is -0.170. The third-order valence-electron chi connectivity index (χ3n) is 7.29. The zero-order chi connectivity index (χ0) is 27.3. The van der Waals surface area contributed by atoms with Gasteiger partial charge in [-0.3, -0.25) is 9.59 Å². The normalized spacial score (nSPS) is 25.6. The zero-order valence-electron chi connectivity index (χ0n) is 22.0. The molecule has 1 saturated carbocycles. The van der Waals surface area contributed by atoms with E-state index in [4.69, 9.17) is 26.4 Å². The lowest BCUT2D eigenvalue weighted by Crippen LogP contribution is -2.49. The molecular formula is C27H36FN5O5. The van der Waals surface area contributed by atoms with Crippen molar-refractivity contribution in [3.63, 3.8) is 0 Å². The Hall–Kier alpha value is -3.26. The number of halogens is 1. The molecule has 10 nitrogen and oxygen atoms in total. The lowest BCUT2D eigenvalue weighted by atomic mass is 9.95. The van der Waals surface area contributed by atoms with Crippen molar-refractivity contribution in [3.05, 3.63) is 12.4 Å². The van der Waals surface area contributed by atoms with Crippen molar-refractivity contribution in [1.82, 2.24) is 19.5 Å². The molecule has 2 aromatic rings. The SMILES string of the molecule is C#C[C@]1(COC(=O)CCCCCC)O[C@H]2C(n3cnc4c(N)nc(F)nc43)[C@H]2[C@@H]1OC(=O)CCCCCC. The number of hydrogen-bond acceptors (Lipinski definition) is 9. The Bertz CT molecular complexity index is 1200. The Labute approximate surface area is 221 Å². The highest BCUT2D eigenvalue weighted by molar-refractivity contribution is 5.81. The molecular weight excluding hydrogens is 493 g/mol. The van der Waals surface area contributed by atoms with Crippen LogP contribution in [0.25, 0.3) is 11.2 Å². The molecule has 0 radical (unpaired) electrons. The summed E-state index contributed by atoms with van der Waals surface area (Å²) in [5, 5.41) is 0. The number of nitrogens with zero attached hydrogens (tertiary/aromatic N) is 4. The smallest absolute Gasteiger partial charge is 0.312 e. The van der Waals surface area contributed by atoms with E-state index in [9.17, 15) is 14.0 Å². The molecule has 38 heavy (non-hydrogen) atoms. The van der Waals surface area contributed by atoms with Gasteiger partial charge in [0, 0.05) is 12.8 Å². The first kappa shape index (κ1) is 27.8. The molecule has 3 heterocycles. The van der Waals surface area contributed by atoms with Crippen LogP contribution >= 0.6 is 0 Å². The van der Waals surface area contributed by atoms with Crippen LogP contribution in [-0.4, -0.2) is 55.9 Å². The van der Waals surface area contributed by atoms with E-state index in [1.54, 1.807) is 4.57 Å². The number of unbranched alkanes of at least 4 members (excludes halogenated alkanes) is 6. The Morgan fingerprint density at radius 2 is 1.82 bits per heavy atom. The summed E-state index contributed by atoms with van der Waals surface area (Å²) in [6.45, 7) is 3.97. The number of imidazole rings is 1. The number of carbonyl (C=O) groups is 2. The van der Waals surface area contributed by atoms with Crippen LogP contribution in [0.5, 0.6) is 0 Å². The highest BCUT2D eigenvalue weighted by Crippen LogP contribution is 2.60. The van der Waals surface area contributed by atoms with Gasteiger partial charge >= 0.3 is 18.0 Å². The summed E-state index contributed by atoms with van der Waals surface area (Å²) in [4.78, 5) is 36.8. The van der Waals surface area contributed by atoms with Crippen molar-refractivity contribution in [2.75, 3.05) is 12.3 Å². The molecule has 4 rings (SSSR count). The molecule has 1 unspecified atom stereocenters. The molecule has 5 atom stereocenters. The van der Waals surface area contributed by atoms with Crippen molar-refractivity contribution in [2.45, 2.75) is 102 Å². The fourth-order valence-corrected chi connectivity index (χ4v) is 5.18. The first-order chi connectivity index (χ1) is 18.3. The number of nitrogens with two attached hydrogens (primary N) is 1. The number of ether oxygens (including phenoxy) is 3. The maximum absolute atomic E-state index is 13.9. The summed E-state index contributed by atoms with van der Waals surface area (Å²) >= 11 is 0. The van der Waals surface area contributed by atoms with E-state index in [1.807, 2.05) is 0 Å². The van der Waals surface area contributed by atoms with Crippen molar-refractivity contribution >= 4 is 28.9 Å².